The molecule has 3 nitrogen and oxygen atoms in total. The van der Waals surface area contributed by atoms with E-state index in [0.717, 1.165) is 17.7 Å². The van der Waals surface area contributed by atoms with Gasteiger partial charge in [-0.15, -0.1) is 0 Å². The Labute approximate surface area is 84.3 Å². The van der Waals surface area contributed by atoms with Gasteiger partial charge in [0, 0.05) is 12.1 Å². The van der Waals surface area contributed by atoms with Crippen molar-refractivity contribution in [2.45, 2.75) is 19.8 Å². The van der Waals surface area contributed by atoms with Crippen molar-refractivity contribution in [2.75, 3.05) is 11.9 Å². The Balaban J connectivity index is 2.47. The molecule has 76 valence electrons. The Hall–Kier alpha value is -1.35. The van der Waals surface area contributed by atoms with E-state index in [4.69, 9.17) is 5.73 Å². The van der Waals surface area contributed by atoms with Crippen LogP contribution in [0.2, 0.25) is 0 Å². The molecule has 0 saturated heterocycles. The van der Waals surface area contributed by atoms with E-state index < -0.39 is 0 Å². The molecule has 0 aromatic heterocycles. The third-order valence-electron chi connectivity index (χ3n) is 1.91. The van der Waals surface area contributed by atoms with Gasteiger partial charge in [0.1, 0.15) is 0 Å². The molecule has 0 aliphatic heterocycles. The molecule has 0 aliphatic carbocycles. The minimum Gasteiger partial charge on any atom is -0.330 e. The minimum absolute atomic E-state index is 0.0288. The zero-order chi connectivity index (χ0) is 10.4. The number of carbonyl (C=O) groups excluding carboxylic acids is 1. The second-order valence-electron chi connectivity index (χ2n) is 3.31. The van der Waals surface area contributed by atoms with Crippen molar-refractivity contribution < 1.29 is 4.79 Å². The van der Waals surface area contributed by atoms with Gasteiger partial charge in [0.05, 0.1) is 0 Å². The van der Waals surface area contributed by atoms with Gasteiger partial charge in [0.25, 0.3) is 0 Å². The van der Waals surface area contributed by atoms with E-state index in [-0.39, 0.29) is 5.91 Å². The summed E-state index contributed by atoms with van der Waals surface area (Å²) < 4.78 is 0. The number of nitrogens with two attached hydrogens (primary N) is 1. The van der Waals surface area contributed by atoms with Crippen molar-refractivity contribution in [1.82, 2.24) is 0 Å². The summed E-state index contributed by atoms with van der Waals surface area (Å²) in [5.41, 5.74) is 7.31. The van der Waals surface area contributed by atoms with Crippen LogP contribution in [0.1, 0.15) is 18.4 Å². The molecule has 0 heterocycles. The summed E-state index contributed by atoms with van der Waals surface area (Å²) in [7, 11) is 0. The second-order valence-corrected chi connectivity index (χ2v) is 3.31. The van der Waals surface area contributed by atoms with Crippen molar-refractivity contribution in [2.24, 2.45) is 5.73 Å². The van der Waals surface area contributed by atoms with Crippen LogP contribution in [-0.2, 0) is 4.79 Å². The standard InChI is InChI=1S/C11H16N2O/c1-9-4-2-5-10(8-9)13-11(14)6-3-7-12/h2,4-5,8H,3,6-7,12H2,1H3,(H,13,14). The van der Waals surface area contributed by atoms with Crippen molar-refractivity contribution >= 4 is 11.6 Å². The molecule has 3 heteroatoms. The summed E-state index contributed by atoms with van der Waals surface area (Å²) in [6, 6.07) is 7.75. The average Bonchev–Trinajstić information content (AvgIpc) is 2.15. The minimum atomic E-state index is 0.0288. The highest BCUT2D eigenvalue weighted by Crippen LogP contribution is 2.09. The first-order chi connectivity index (χ1) is 6.72. The number of amides is 1. The van der Waals surface area contributed by atoms with E-state index in [0.29, 0.717) is 13.0 Å². The average molecular weight is 192 g/mol. The van der Waals surface area contributed by atoms with E-state index in [9.17, 15) is 4.79 Å². The monoisotopic (exact) mass is 192 g/mol. The molecule has 0 saturated carbocycles. The molecule has 0 atom stereocenters. The summed E-state index contributed by atoms with van der Waals surface area (Å²) in [5.74, 6) is 0.0288. The van der Waals surface area contributed by atoms with Gasteiger partial charge in [0.15, 0.2) is 0 Å². The summed E-state index contributed by atoms with van der Waals surface area (Å²) in [6.07, 6.45) is 1.22. The van der Waals surface area contributed by atoms with E-state index in [1.165, 1.54) is 0 Å². The maximum atomic E-state index is 11.3. The molecule has 0 spiro atoms. The first kappa shape index (κ1) is 10.7. The number of benzene rings is 1. The molecule has 0 bridgehead atoms. The highest BCUT2D eigenvalue weighted by molar-refractivity contribution is 5.90. The van der Waals surface area contributed by atoms with Crippen molar-refractivity contribution in [1.29, 1.82) is 0 Å². The van der Waals surface area contributed by atoms with Crippen LogP contribution >= 0.6 is 0 Å². The van der Waals surface area contributed by atoms with Crippen LogP contribution in [0.5, 0.6) is 0 Å². The fraction of sp³-hybridized carbons (Fsp3) is 0.364. The quantitative estimate of drug-likeness (QED) is 0.762. The number of anilines is 1. The van der Waals surface area contributed by atoms with Gasteiger partial charge in [0.2, 0.25) is 5.91 Å². The molecule has 0 fully saturated rings. The van der Waals surface area contributed by atoms with Crippen LogP contribution in [-0.4, -0.2) is 12.5 Å². The zero-order valence-corrected chi connectivity index (χ0v) is 8.42. The topological polar surface area (TPSA) is 55.1 Å². The third-order valence-corrected chi connectivity index (χ3v) is 1.91. The highest BCUT2D eigenvalue weighted by atomic mass is 16.1. The number of carbonyl (C=O) groups is 1. The van der Waals surface area contributed by atoms with E-state index in [2.05, 4.69) is 5.32 Å². The number of aryl methyl sites for hydroxylation is 1. The van der Waals surface area contributed by atoms with Crippen LogP contribution in [0.25, 0.3) is 0 Å². The van der Waals surface area contributed by atoms with Crippen molar-refractivity contribution in [3.63, 3.8) is 0 Å². The van der Waals surface area contributed by atoms with Crippen LogP contribution in [0.15, 0.2) is 24.3 Å². The number of rotatable bonds is 4. The van der Waals surface area contributed by atoms with Gasteiger partial charge >= 0.3 is 0 Å². The van der Waals surface area contributed by atoms with E-state index >= 15 is 0 Å². The zero-order valence-electron chi connectivity index (χ0n) is 8.42. The SMILES string of the molecule is Cc1cccc(NC(=O)CCCN)c1. The lowest BCUT2D eigenvalue weighted by Crippen LogP contribution is -2.13. The molecular weight excluding hydrogens is 176 g/mol. The molecule has 1 aromatic rings. The normalized spacial score (nSPS) is 9.86. The first-order valence-corrected chi connectivity index (χ1v) is 4.79. The van der Waals surface area contributed by atoms with E-state index in [1.807, 2.05) is 31.2 Å². The largest absolute Gasteiger partial charge is 0.330 e. The van der Waals surface area contributed by atoms with Gasteiger partial charge in [-0.3, -0.25) is 4.79 Å². The Morgan fingerprint density at radius 2 is 2.29 bits per heavy atom. The predicted molar refractivity (Wildman–Crippen MR) is 58.1 cm³/mol. The molecule has 0 aliphatic rings. The van der Waals surface area contributed by atoms with Gasteiger partial charge in [-0.1, -0.05) is 12.1 Å². The van der Waals surface area contributed by atoms with Gasteiger partial charge < -0.3 is 11.1 Å². The van der Waals surface area contributed by atoms with Gasteiger partial charge in [-0.05, 0) is 37.6 Å². The van der Waals surface area contributed by atoms with Gasteiger partial charge in [-0.2, -0.15) is 0 Å². The molecular formula is C11H16N2O. The van der Waals surface area contributed by atoms with Crippen molar-refractivity contribution in [3.05, 3.63) is 29.8 Å². The molecule has 1 aromatic carbocycles. The fourth-order valence-electron chi connectivity index (χ4n) is 1.21. The maximum Gasteiger partial charge on any atom is 0.224 e. The summed E-state index contributed by atoms with van der Waals surface area (Å²) >= 11 is 0. The molecule has 3 N–H and O–H groups in total. The van der Waals surface area contributed by atoms with Crippen LogP contribution in [0.3, 0.4) is 0 Å². The van der Waals surface area contributed by atoms with Crippen molar-refractivity contribution in [3.8, 4) is 0 Å². The highest BCUT2D eigenvalue weighted by Gasteiger charge is 2.00. The predicted octanol–water partition coefficient (Wildman–Crippen LogP) is 1.67. The lowest BCUT2D eigenvalue weighted by molar-refractivity contribution is -0.116. The molecule has 0 unspecified atom stereocenters. The Kier molecular flexibility index (Phi) is 4.13. The van der Waals surface area contributed by atoms with Gasteiger partial charge in [-0.25, -0.2) is 0 Å². The second kappa shape index (κ2) is 5.40. The Morgan fingerprint density at radius 1 is 1.50 bits per heavy atom. The first-order valence-electron chi connectivity index (χ1n) is 4.79. The Morgan fingerprint density at radius 3 is 2.93 bits per heavy atom. The Bertz CT molecular complexity index is 310. The smallest absolute Gasteiger partial charge is 0.224 e. The summed E-state index contributed by atoms with van der Waals surface area (Å²) in [4.78, 5) is 11.3. The number of hydrogen-bond acceptors (Lipinski definition) is 2. The molecule has 14 heavy (non-hydrogen) atoms. The summed E-state index contributed by atoms with van der Waals surface area (Å²) in [5, 5.41) is 2.82. The molecule has 1 amide bonds. The van der Waals surface area contributed by atoms with Crippen LogP contribution in [0, 0.1) is 6.92 Å². The number of nitrogens with one attached hydrogen (secondary N) is 1. The lowest BCUT2D eigenvalue weighted by Gasteiger charge is -2.04. The lowest BCUT2D eigenvalue weighted by atomic mass is 10.2. The third kappa shape index (κ3) is 3.58. The fourth-order valence-corrected chi connectivity index (χ4v) is 1.21. The molecule has 0 radical (unpaired) electrons. The van der Waals surface area contributed by atoms with E-state index in [1.54, 1.807) is 0 Å². The van der Waals surface area contributed by atoms with Crippen LogP contribution < -0.4 is 11.1 Å². The van der Waals surface area contributed by atoms with Crippen LogP contribution in [0.4, 0.5) is 5.69 Å². The maximum absolute atomic E-state index is 11.3. The summed E-state index contributed by atoms with van der Waals surface area (Å²) in [6.45, 7) is 2.55. The molecule has 1 rings (SSSR count). The number of hydrogen-bond donors (Lipinski definition) is 2.